The predicted octanol–water partition coefficient (Wildman–Crippen LogP) is 1.96. The van der Waals surface area contributed by atoms with Crippen molar-refractivity contribution >= 4 is 21.7 Å². The summed E-state index contributed by atoms with van der Waals surface area (Å²) in [6.45, 7) is 1.87. The Morgan fingerprint density at radius 3 is 3.14 bits per heavy atom. The maximum Gasteiger partial charge on any atom is 0.187 e. The molecule has 6 heteroatoms. The van der Waals surface area contributed by atoms with Crippen molar-refractivity contribution in [3.63, 3.8) is 0 Å². The Morgan fingerprint density at radius 1 is 1.48 bits per heavy atom. The summed E-state index contributed by atoms with van der Waals surface area (Å²) in [7, 11) is 0. The van der Waals surface area contributed by atoms with Crippen molar-refractivity contribution in [2.24, 2.45) is 5.73 Å². The Labute approximate surface area is 131 Å². The van der Waals surface area contributed by atoms with Crippen LogP contribution < -0.4 is 10.5 Å². The molecule has 110 valence electrons. The van der Waals surface area contributed by atoms with E-state index in [1.807, 2.05) is 16.7 Å². The van der Waals surface area contributed by atoms with Crippen LogP contribution in [0.25, 0.3) is 0 Å². The van der Waals surface area contributed by atoms with Crippen LogP contribution in [0.2, 0.25) is 0 Å². The maximum absolute atomic E-state index is 12.4. The van der Waals surface area contributed by atoms with Crippen LogP contribution in [0.5, 0.6) is 5.75 Å². The van der Waals surface area contributed by atoms with E-state index in [-0.39, 0.29) is 5.78 Å². The zero-order chi connectivity index (χ0) is 14.8. The molecule has 0 saturated carbocycles. The Kier molecular flexibility index (Phi) is 4.07. The highest BCUT2D eigenvalue weighted by molar-refractivity contribution is 9.10. The van der Waals surface area contributed by atoms with E-state index in [0.29, 0.717) is 31.8 Å². The number of ether oxygens (including phenoxy) is 1. The molecule has 1 aromatic carbocycles. The molecule has 5 nitrogen and oxygen atoms in total. The average Bonchev–Trinajstić information content (AvgIpc) is 3.07. The van der Waals surface area contributed by atoms with E-state index >= 15 is 0 Å². The minimum absolute atomic E-state index is 0.0124. The summed E-state index contributed by atoms with van der Waals surface area (Å²) in [6, 6.07) is 3.99. The topological polar surface area (TPSA) is 70.1 Å². The first kappa shape index (κ1) is 14.3. The molecule has 0 unspecified atom stereocenters. The summed E-state index contributed by atoms with van der Waals surface area (Å²) in [6.07, 6.45) is 4.57. The van der Waals surface area contributed by atoms with Gasteiger partial charge in [-0.2, -0.15) is 0 Å². The van der Waals surface area contributed by atoms with E-state index < -0.39 is 0 Å². The lowest BCUT2D eigenvalue weighted by Gasteiger charge is -2.07. The number of hydrogen-bond acceptors (Lipinski definition) is 4. The number of nitrogens with zero attached hydrogens (tertiary/aromatic N) is 2. The number of Topliss-reactive ketones (excluding diaryl/α,β-unsaturated/α-hetero) is 1. The minimum Gasteiger partial charge on any atom is -0.493 e. The van der Waals surface area contributed by atoms with E-state index in [4.69, 9.17) is 10.5 Å². The Hall–Kier alpha value is -1.66. The fourth-order valence-electron chi connectivity index (χ4n) is 2.52. The van der Waals surface area contributed by atoms with E-state index in [2.05, 4.69) is 20.9 Å². The van der Waals surface area contributed by atoms with E-state index in [9.17, 15) is 4.79 Å². The molecule has 0 aliphatic carbocycles. The lowest BCUT2D eigenvalue weighted by Crippen LogP contribution is -2.08. The lowest BCUT2D eigenvalue weighted by molar-refractivity contribution is 0.0987. The van der Waals surface area contributed by atoms with Gasteiger partial charge in [-0.05, 0) is 17.7 Å². The molecule has 0 saturated heterocycles. The van der Waals surface area contributed by atoms with Gasteiger partial charge in [0.05, 0.1) is 12.9 Å². The number of fused-ring (bicyclic) bond motifs is 1. The van der Waals surface area contributed by atoms with Crippen LogP contribution >= 0.6 is 15.9 Å². The smallest absolute Gasteiger partial charge is 0.187 e. The average molecular weight is 350 g/mol. The molecule has 0 fully saturated rings. The summed E-state index contributed by atoms with van der Waals surface area (Å²) in [5.74, 6) is 0.842. The van der Waals surface area contributed by atoms with Crippen LogP contribution in [0.1, 0.15) is 21.6 Å². The van der Waals surface area contributed by atoms with Gasteiger partial charge in [-0.25, -0.2) is 4.98 Å². The number of benzene rings is 1. The molecule has 2 aromatic rings. The van der Waals surface area contributed by atoms with Crippen LogP contribution in [0.3, 0.4) is 0 Å². The maximum atomic E-state index is 12.4. The van der Waals surface area contributed by atoms with Crippen molar-refractivity contribution in [2.75, 3.05) is 13.2 Å². The summed E-state index contributed by atoms with van der Waals surface area (Å²) in [5, 5.41) is 0. The highest BCUT2D eigenvalue weighted by Crippen LogP contribution is 2.33. The second-order valence-corrected chi connectivity index (χ2v) is 5.95. The van der Waals surface area contributed by atoms with E-state index in [1.165, 1.54) is 0 Å². The van der Waals surface area contributed by atoms with Crippen LogP contribution in [0.4, 0.5) is 0 Å². The fraction of sp³-hybridized carbons (Fsp3) is 0.333. The molecule has 3 rings (SSSR count). The number of halogens is 1. The van der Waals surface area contributed by atoms with Gasteiger partial charge >= 0.3 is 0 Å². The van der Waals surface area contributed by atoms with Crippen molar-refractivity contribution < 1.29 is 9.53 Å². The van der Waals surface area contributed by atoms with Gasteiger partial charge in [0.15, 0.2) is 5.78 Å². The number of carbonyl (C=O) groups excluding carboxylic acids is 1. The van der Waals surface area contributed by atoms with Gasteiger partial charge in [0.2, 0.25) is 0 Å². The van der Waals surface area contributed by atoms with Gasteiger partial charge in [-0.3, -0.25) is 4.79 Å². The number of hydrogen-bond donors (Lipinski definition) is 1. The molecule has 2 heterocycles. The second-order valence-electron chi connectivity index (χ2n) is 5.04. The number of aromatic nitrogens is 2. The zero-order valence-electron chi connectivity index (χ0n) is 11.5. The first-order valence-corrected chi connectivity index (χ1v) is 7.66. The number of carbonyl (C=O) groups is 1. The SMILES string of the molecule is NCCn1cnc(C(=O)Cc2cc(Br)cc3c2OCC3)c1. The van der Waals surface area contributed by atoms with Gasteiger partial charge in [-0.1, -0.05) is 15.9 Å². The molecule has 1 aliphatic heterocycles. The van der Waals surface area contributed by atoms with Crippen molar-refractivity contribution in [1.29, 1.82) is 0 Å². The van der Waals surface area contributed by atoms with Crippen molar-refractivity contribution in [3.05, 3.63) is 46.0 Å². The third kappa shape index (κ3) is 3.01. The Bertz CT molecular complexity index is 682. The number of imidazole rings is 1. The molecule has 0 bridgehead atoms. The lowest BCUT2D eigenvalue weighted by atomic mass is 10.0. The van der Waals surface area contributed by atoms with Gasteiger partial charge in [0.25, 0.3) is 0 Å². The Balaban J connectivity index is 1.81. The van der Waals surface area contributed by atoms with Crippen molar-refractivity contribution in [2.45, 2.75) is 19.4 Å². The summed E-state index contributed by atoms with van der Waals surface area (Å²) in [4.78, 5) is 16.5. The molecule has 0 spiro atoms. The molecular formula is C15H16BrN3O2. The summed E-state index contributed by atoms with van der Waals surface area (Å²) in [5.41, 5.74) is 8.03. The zero-order valence-corrected chi connectivity index (χ0v) is 13.1. The first-order chi connectivity index (χ1) is 10.2. The fourth-order valence-corrected chi connectivity index (χ4v) is 3.07. The van der Waals surface area contributed by atoms with Crippen LogP contribution in [0.15, 0.2) is 29.1 Å². The van der Waals surface area contributed by atoms with Gasteiger partial charge in [-0.15, -0.1) is 0 Å². The van der Waals surface area contributed by atoms with Crippen LogP contribution in [-0.4, -0.2) is 28.5 Å². The third-order valence-corrected chi connectivity index (χ3v) is 3.94. The van der Waals surface area contributed by atoms with Gasteiger partial charge in [0.1, 0.15) is 11.4 Å². The monoisotopic (exact) mass is 349 g/mol. The number of nitrogens with two attached hydrogens (primary N) is 1. The van der Waals surface area contributed by atoms with Crippen molar-refractivity contribution in [1.82, 2.24) is 9.55 Å². The summed E-state index contributed by atoms with van der Waals surface area (Å²) >= 11 is 3.49. The van der Waals surface area contributed by atoms with Crippen molar-refractivity contribution in [3.8, 4) is 5.75 Å². The van der Waals surface area contributed by atoms with Crippen LogP contribution in [-0.2, 0) is 19.4 Å². The molecule has 1 aliphatic rings. The first-order valence-electron chi connectivity index (χ1n) is 6.86. The quantitative estimate of drug-likeness (QED) is 0.837. The highest BCUT2D eigenvalue weighted by Gasteiger charge is 2.20. The van der Waals surface area contributed by atoms with Crippen LogP contribution in [0, 0.1) is 0 Å². The summed E-state index contributed by atoms with van der Waals surface area (Å²) < 4.78 is 8.45. The second kappa shape index (κ2) is 5.99. The molecule has 2 N–H and O–H groups in total. The molecule has 1 aromatic heterocycles. The van der Waals surface area contributed by atoms with E-state index in [1.54, 1.807) is 12.5 Å². The number of ketones is 1. The van der Waals surface area contributed by atoms with E-state index in [0.717, 1.165) is 27.8 Å². The largest absolute Gasteiger partial charge is 0.493 e. The minimum atomic E-state index is -0.0124. The molecule has 0 amide bonds. The van der Waals surface area contributed by atoms with Gasteiger partial charge < -0.3 is 15.0 Å². The molecule has 21 heavy (non-hydrogen) atoms. The standard InChI is InChI=1S/C15H16BrN3O2/c16-12-5-10-1-4-21-15(10)11(6-12)7-14(20)13-8-19(3-2-17)9-18-13/h5-6,8-9H,1-4,7,17H2. The molecular weight excluding hydrogens is 334 g/mol. The highest BCUT2D eigenvalue weighted by atomic mass is 79.9. The third-order valence-electron chi connectivity index (χ3n) is 3.48. The predicted molar refractivity (Wildman–Crippen MR) is 82.7 cm³/mol. The number of rotatable bonds is 5. The Morgan fingerprint density at radius 2 is 2.33 bits per heavy atom. The molecule has 0 atom stereocenters. The molecule has 0 radical (unpaired) electrons. The normalized spacial score (nSPS) is 13.0. The van der Waals surface area contributed by atoms with Gasteiger partial charge in [0, 0.05) is 42.2 Å².